The molecule has 1 saturated heterocycles. The lowest BCUT2D eigenvalue weighted by Crippen LogP contribution is -2.56. The first-order valence-electron chi connectivity index (χ1n) is 5.35. The van der Waals surface area contributed by atoms with Crippen LogP contribution in [0.25, 0.3) is 0 Å². The molecule has 88 valence electrons. The summed E-state index contributed by atoms with van der Waals surface area (Å²) in [6, 6.07) is 9.62. The van der Waals surface area contributed by atoms with Gasteiger partial charge in [0, 0.05) is 6.42 Å². The van der Waals surface area contributed by atoms with E-state index in [-0.39, 0.29) is 6.10 Å². The Bertz CT molecular complexity index is 360. The molecule has 0 aromatic heterocycles. The molecule has 1 aromatic rings. The monoisotopic (exact) mass is 223 g/mol. The molecule has 1 aliphatic rings. The van der Waals surface area contributed by atoms with Gasteiger partial charge in [0.05, 0.1) is 0 Å². The van der Waals surface area contributed by atoms with E-state index in [1.165, 1.54) is 0 Å². The maximum atomic E-state index is 10.2. The summed E-state index contributed by atoms with van der Waals surface area (Å²) in [4.78, 5) is 5.32. The Kier molecular flexibility index (Phi) is 2.75. The highest BCUT2D eigenvalue weighted by Gasteiger charge is 2.49. The highest BCUT2D eigenvalue weighted by Crippen LogP contribution is 2.37. The number of benzene rings is 1. The summed E-state index contributed by atoms with van der Waals surface area (Å²) in [5, 5.41) is 20.0. The van der Waals surface area contributed by atoms with Crippen molar-refractivity contribution < 1.29 is 15.1 Å². The number of hydrogen-bond acceptors (Lipinski definition) is 4. The minimum atomic E-state index is -1.41. The van der Waals surface area contributed by atoms with Gasteiger partial charge in [-0.2, -0.15) is 5.48 Å². The maximum absolute atomic E-state index is 10.2. The van der Waals surface area contributed by atoms with Gasteiger partial charge in [-0.3, -0.25) is 4.84 Å². The summed E-state index contributed by atoms with van der Waals surface area (Å²) in [5.41, 5.74) is 0.846. The standard InChI is InChI=1S/C12H17NO3/c1-11(2,14)12(15)8-10(16-13-12)9-6-4-3-5-7-9/h3-7,10,13-15H,8H2,1-2H3/t10-,12+/m1/s1. The van der Waals surface area contributed by atoms with E-state index in [2.05, 4.69) is 5.48 Å². The van der Waals surface area contributed by atoms with Crippen molar-refractivity contribution in [2.24, 2.45) is 0 Å². The minimum absolute atomic E-state index is 0.238. The topological polar surface area (TPSA) is 61.7 Å². The zero-order valence-electron chi connectivity index (χ0n) is 9.47. The van der Waals surface area contributed by atoms with Crippen LogP contribution < -0.4 is 5.48 Å². The van der Waals surface area contributed by atoms with E-state index >= 15 is 0 Å². The van der Waals surface area contributed by atoms with E-state index in [1.807, 2.05) is 30.3 Å². The van der Waals surface area contributed by atoms with Gasteiger partial charge in [-0.1, -0.05) is 30.3 Å². The van der Waals surface area contributed by atoms with Gasteiger partial charge in [-0.05, 0) is 19.4 Å². The molecule has 0 radical (unpaired) electrons. The fourth-order valence-corrected chi connectivity index (χ4v) is 1.75. The Labute approximate surface area is 94.8 Å². The molecular formula is C12H17NO3. The molecule has 4 nitrogen and oxygen atoms in total. The van der Waals surface area contributed by atoms with E-state index in [4.69, 9.17) is 4.84 Å². The van der Waals surface area contributed by atoms with Gasteiger partial charge in [-0.15, -0.1) is 0 Å². The zero-order valence-corrected chi connectivity index (χ0v) is 9.47. The number of nitrogens with one attached hydrogen (secondary N) is 1. The Balaban J connectivity index is 2.15. The first kappa shape index (κ1) is 11.5. The molecule has 16 heavy (non-hydrogen) atoms. The van der Waals surface area contributed by atoms with E-state index < -0.39 is 11.3 Å². The quantitative estimate of drug-likeness (QED) is 0.703. The van der Waals surface area contributed by atoms with E-state index in [1.54, 1.807) is 13.8 Å². The van der Waals surface area contributed by atoms with Gasteiger partial charge in [-0.25, -0.2) is 0 Å². The van der Waals surface area contributed by atoms with E-state index in [0.717, 1.165) is 5.56 Å². The van der Waals surface area contributed by atoms with Gasteiger partial charge < -0.3 is 10.2 Å². The van der Waals surface area contributed by atoms with Crippen LogP contribution in [0.3, 0.4) is 0 Å². The number of aliphatic hydroxyl groups is 2. The van der Waals surface area contributed by atoms with Crippen molar-refractivity contribution in [2.75, 3.05) is 0 Å². The summed E-state index contributed by atoms with van der Waals surface area (Å²) in [7, 11) is 0. The molecule has 0 saturated carbocycles. The van der Waals surface area contributed by atoms with Crippen LogP contribution in [0, 0.1) is 0 Å². The average Bonchev–Trinajstić information content (AvgIpc) is 2.63. The normalized spacial score (nSPS) is 30.6. The Morgan fingerprint density at radius 3 is 2.50 bits per heavy atom. The molecule has 0 aliphatic carbocycles. The molecule has 1 aliphatic heterocycles. The predicted molar refractivity (Wildman–Crippen MR) is 59.3 cm³/mol. The smallest absolute Gasteiger partial charge is 0.168 e. The van der Waals surface area contributed by atoms with Crippen LogP contribution in [-0.4, -0.2) is 21.5 Å². The van der Waals surface area contributed by atoms with Crippen molar-refractivity contribution in [1.29, 1.82) is 0 Å². The van der Waals surface area contributed by atoms with Gasteiger partial charge >= 0.3 is 0 Å². The van der Waals surface area contributed by atoms with Crippen molar-refractivity contribution in [1.82, 2.24) is 5.48 Å². The molecule has 0 bridgehead atoms. The molecule has 2 rings (SSSR count). The van der Waals surface area contributed by atoms with Crippen molar-refractivity contribution in [3.63, 3.8) is 0 Å². The minimum Gasteiger partial charge on any atom is -0.386 e. The Hall–Kier alpha value is -0.940. The van der Waals surface area contributed by atoms with Crippen molar-refractivity contribution in [3.8, 4) is 0 Å². The van der Waals surface area contributed by atoms with Gasteiger partial charge in [0.25, 0.3) is 0 Å². The fraction of sp³-hybridized carbons (Fsp3) is 0.500. The summed E-state index contributed by atoms with van der Waals surface area (Å²) in [6.07, 6.45) is 0.0816. The van der Waals surface area contributed by atoms with E-state index in [9.17, 15) is 10.2 Å². The lowest BCUT2D eigenvalue weighted by molar-refractivity contribution is -0.173. The molecule has 0 amide bonds. The molecule has 0 spiro atoms. The first-order valence-corrected chi connectivity index (χ1v) is 5.35. The fourth-order valence-electron chi connectivity index (χ4n) is 1.75. The van der Waals surface area contributed by atoms with Crippen molar-refractivity contribution in [3.05, 3.63) is 35.9 Å². The zero-order chi connectivity index (χ0) is 11.8. The first-order chi connectivity index (χ1) is 7.42. The van der Waals surface area contributed by atoms with Crippen LogP contribution in [0.5, 0.6) is 0 Å². The molecule has 1 heterocycles. The average molecular weight is 223 g/mol. The van der Waals surface area contributed by atoms with Crippen LogP contribution in [0.15, 0.2) is 30.3 Å². The number of rotatable bonds is 2. The second-order valence-corrected chi connectivity index (χ2v) is 4.74. The maximum Gasteiger partial charge on any atom is 0.168 e. The molecule has 4 heteroatoms. The summed E-state index contributed by atoms with van der Waals surface area (Å²) in [5.74, 6) is 0. The highest BCUT2D eigenvalue weighted by molar-refractivity contribution is 5.19. The molecule has 2 atom stereocenters. The van der Waals surface area contributed by atoms with Crippen LogP contribution >= 0.6 is 0 Å². The van der Waals surface area contributed by atoms with Crippen LogP contribution in [0.1, 0.15) is 31.9 Å². The molecule has 1 fully saturated rings. The largest absolute Gasteiger partial charge is 0.386 e. The van der Waals surface area contributed by atoms with Crippen molar-refractivity contribution >= 4 is 0 Å². The molecule has 0 unspecified atom stereocenters. The highest BCUT2D eigenvalue weighted by atomic mass is 16.7. The summed E-state index contributed by atoms with van der Waals surface area (Å²) in [6.45, 7) is 3.10. The summed E-state index contributed by atoms with van der Waals surface area (Å²) >= 11 is 0. The number of hydroxylamine groups is 1. The third-order valence-electron chi connectivity index (χ3n) is 3.03. The Morgan fingerprint density at radius 1 is 1.38 bits per heavy atom. The molecule has 1 aromatic carbocycles. The predicted octanol–water partition coefficient (Wildman–Crippen LogP) is 1.11. The third-order valence-corrected chi connectivity index (χ3v) is 3.03. The van der Waals surface area contributed by atoms with Gasteiger partial charge in [0.1, 0.15) is 11.7 Å². The molecule has 3 N–H and O–H groups in total. The second kappa shape index (κ2) is 3.82. The van der Waals surface area contributed by atoms with E-state index in [0.29, 0.717) is 6.42 Å². The number of hydrogen-bond donors (Lipinski definition) is 3. The third kappa shape index (κ3) is 1.97. The second-order valence-electron chi connectivity index (χ2n) is 4.74. The Morgan fingerprint density at radius 2 is 2.00 bits per heavy atom. The summed E-state index contributed by atoms with van der Waals surface area (Å²) < 4.78 is 0. The molecular weight excluding hydrogens is 206 g/mol. The lowest BCUT2D eigenvalue weighted by Gasteiger charge is -2.33. The van der Waals surface area contributed by atoms with Crippen LogP contribution in [-0.2, 0) is 4.84 Å². The van der Waals surface area contributed by atoms with Crippen LogP contribution in [0.2, 0.25) is 0 Å². The lowest BCUT2D eigenvalue weighted by atomic mass is 9.89. The van der Waals surface area contributed by atoms with Gasteiger partial charge in [0.2, 0.25) is 0 Å². The van der Waals surface area contributed by atoms with Gasteiger partial charge in [0.15, 0.2) is 5.72 Å². The SMILES string of the molecule is CC(C)(O)[C@@]1(O)C[C@H](c2ccccc2)ON1. The van der Waals surface area contributed by atoms with Crippen molar-refractivity contribution in [2.45, 2.75) is 37.7 Å². The van der Waals surface area contributed by atoms with Crippen LogP contribution in [0.4, 0.5) is 0 Å².